The molecule has 0 atom stereocenters. The fourth-order valence-electron chi connectivity index (χ4n) is 3.48. The normalized spacial score (nSPS) is 11.0. The van der Waals surface area contributed by atoms with Gasteiger partial charge in [-0.3, -0.25) is 9.36 Å². The Morgan fingerprint density at radius 1 is 1.00 bits per heavy atom. The summed E-state index contributed by atoms with van der Waals surface area (Å²) in [5.41, 5.74) is 4.66. The fourth-order valence-corrected chi connectivity index (χ4v) is 4.22. The van der Waals surface area contributed by atoms with E-state index >= 15 is 0 Å². The minimum atomic E-state index is -0.329. The van der Waals surface area contributed by atoms with Crippen LogP contribution in [-0.2, 0) is 4.79 Å². The van der Waals surface area contributed by atoms with Crippen LogP contribution in [0.3, 0.4) is 0 Å². The lowest BCUT2D eigenvalue weighted by Gasteiger charge is -2.11. The minimum Gasteiger partial charge on any atom is -0.504 e. The van der Waals surface area contributed by atoms with Crippen LogP contribution in [0.4, 0.5) is 0 Å². The number of benzene rings is 3. The number of phenolic OH excluding ortho intramolecular Hbond substituents is 1. The van der Waals surface area contributed by atoms with Crippen molar-refractivity contribution in [2.45, 2.75) is 19.0 Å². The van der Waals surface area contributed by atoms with Gasteiger partial charge >= 0.3 is 0 Å². The summed E-state index contributed by atoms with van der Waals surface area (Å²) in [4.78, 5) is 12.5. The first-order valence-corrected chi connectivity index (χ1v) is 12.7. The number of aromatic nitrogens is 3. The van der Waals surface area contributed by atoms with Crippen molar-refractivity contribution in [2.24, 2.45) is 5.10 Å². The van der Waals surface area contributed by atoms with E-state index in [2.05, 4.69) is 20.7 Å². The quantitative estimate of drug-likeness (QED) is 0.169. The van der Waals surface area contributed by atoms with Crippen LogP contribution in [0, 0.1) is 0 Å². The molecule has 0 spiro atoms. The average molecular weight is 518 g/mol. The number of amides is 1. The van der Waals surface area contributed by atoms with Gasteiger partial charge < -0.3 is 14.6 Å². The van der Waals surface area contributed by atoms with Gasteiger partial charge in [0.25, 0.3) is 5.91 Å². The number of hydrogen-bond acceptors (Lipinski definition) is 8. The molecule has 0 aliphatic rings. The first-order chi connectivity index (χ1) is 18.1. The number of carbonyl (C=O) groups excluding carboxylic acids is 1. The van der Waals surface area contributed by atoms with Gasteiger partial charge in [-0.05, 0) is 50.2 Å². The Labute approximate surface area is 219 Å². The summed E-state index contributed by atoms with van der Waals surface area (Å²) in [6.07, 6.45) is 1.37. The SMILES string of the molecule is CCOc1ccc(-n2c(SCC(=O)NN=Cc3cccc(OCC)c3O)nnc2-c2ccccc2)cc1. The second-order valence-electron chi connectivity index (χ2n) is 7.64. The molecule has 4 aromatic rings. The number of aromatic hydroxyl groups is 1. The van der Waals surface area contributed by atoms with Gasteiger partial charge in [-0.1, -0.05) is 48.2 Å². The summed E-state index contributed by atoms with van der Waals surface area (Å²) in [6.45, 7) is 4.77. The second-order valence-corrected chi connectivity index (χ2v) is 8.59. The third-order valence-corrected chi connectivity index (χ3v) is 6.06. The van der Waals surface area contributed by atoms with Gasteiger partial charge in [0, 0.05) is 16.8 Å². The Bertz CT molecular complexity index is 1360. The lowest BCUT2D eigenvalue weighted by Crippen LogP contribution is -2.20. The summed E-state index contributed by atoms with van der Waals surface area (Å²) < 4.78 is 12.8. The molecule has 0 saturated heterocycles. The molecule has 2 N–H and O–H groups in total. The minimum absolute atomic E-state index is 0.0337. The van der Waals surface area contributed by atoms with E-state index in [0.29, 0.717) is 35.5 Å². The van der Waals surface area contributed by atoms with Crippen molar-refractivity contribution in [1.29, 1.82) is 0 Å². The maximum Gasteiger partial charge on any atom is 0.250 e. The smallest absolute Gasteiger partial charge is 0.250 e. The lowest BCUT2D eigenvalue weighted by atomic mass is 10.2. The summed E-state index contributed by atoms with van der Waals surface area (Å²) in [5, 5.41) is 23.5. The number of nitrogens with zero attached hydrogens (tertiary/aromatic N) is 4. The third-order valence-electron chi connectivity index (χ3n) is 5.13. The maximum atomic E-state index is 12.5. The van der Waals surface area contributed by atoms with Crippen molar-refractivity contribution in [3.8, 4) is 34.3 Å². The summed E-state index contributed by atoms with van der Waals surface area (Å²) >= 11 is 1.24. The Balaban J connectivity index is 1.48. The monoisotopic (exact) mass is 517 g/mol. The van der Waals surface area contributed by atoms with Crippen molar-refractivity contribution >= 4 is 23.9 Å². The fraction of sp³-hybridized carbons (Fsp3) is 0.185. The Kier molecular flexibility index (Phi) is 8.77. The molecule has 37 heavy (non-hydrogen) atoms. The van der Waals surface area contributed by atoms with E-state index in [1.54, 1.807) is 18.2 Å². The highest BCUT2D eigenvalue weighted by molar-refractivity contribution is 7.99. The van der Waals surface area contributed by atoms with Crippen molar-refractivity contribution in [1.82, 2.24) is 20.2 Å². The van der Waals surface area contributed by atoms with Crippen LogP contribution < -0.4 is 14.9 Å². The number of ether oxygens (including phenoxy) is 2. The average Bonchev–Trinajstić information content (AvgIpc) is 3.35. The van der Waals surface area contributed by atoms with Crippen LogP contribution in [0.5, 0.6) is 17.2 Å². The lowest BCUT2D eigenvalue weighted by molar-refractivity contribution is -0.118. The highest BCUT2D eigenvalue weighted by Gasteiger charge is 2.17. The number of phenols is 1. The molecule has 0 aliphatic heterocycles. The van der Waals surface area contributed by atoms with Crippen LogP contribution in [0.15, 0.2) is 83.1 Å². The number of hydrazone groups is 1. The maximum absolute atomic E-state index is 12.5. The number of thioether (sulfide) groups is 1. The first-order valence-electron chi connectivity index (χ1n) is 11.7. The zero-order chi connectivity index (χ0) is 26.0. The molecule has 0 fully saturated rings. The molecule has 0 bridgehead atoms. The van der Waals surface area contributed by atoms with Gasteiger partial charge in [0.15, 0.2) is 22.5 Å². The Morgan fingerprint density at radius 3 is 2.49 bits per heavy atom. The molecule has 9 nitrogen and oxygen atoms in total. The summed E-state index contributed by atoms with van der Waals surface area (Å²) in [7, 11) is 0. The number of rotatable bonds is 11. The van der Waals surface area contributed by atoms with E-state index in [0.717, 1.165) is 17.0 Å². The molecule has 0 saturated carbocycles. The summed E-state index contributed by atoms with van der Waals surface area (Å²) in [5.74, 6) is 1.49. The Morgan fingerprint density at radius 2 is 1.76 bits per heavy atom. The molecule has 3 aromatic carbocycles. The van der Waals surface area contributed by atoms with Gasteiger partial charge in [0.1, 0.15) is 5.75 Å². The van der Waals surface area contributed by atoms with Crippen LogP contribution >= 0.6 is 11.8 Å². The predicted molar refractivity (Wildman–Crippen MR) is 144 cm³/mol. The summed E-state index contributed by atoms with van der Waals surface area (Å²) in [6, 6.07) is 22.4. The molecular weight excluding hydrogens is 490 g/mol. The highest BCUT2D eigenvalue weighted by atomic mass is 32.2. The topological polar surface area (TPSA) is 111 Å². The molecule has 1 heterocycles. The number of nitrogens with one attached hydrogen (secondary N) is 1. The van der Waals surface area contributed by atoms with Gasteiger partial charge in [0.2, 0.25) is 0 Å². The van der Waals surface area contributed by atoms with Crippen LogP contribution in [0.25, 0.3) is 17.1 Å². The standard InChI is InChI=1S/C27H27N5O4S/c1-3-35-22-15-13-21(14-16-22)32-26(19-9-6-5-7-10-19)30-31-27(32)37-18-24(33)29-28-17-20-11-8-12-23(25(20)34)36-4-2/h5-17,34H,3-4,18H2,1-2H3,(H,29,33). The van der Waals surface area contributed by atoms with E-state index in [1.165, 1.54) is 18.0 Å². The second kappa shape index (κ2) is 12.6. The molecule has 190 valence electrons. The zero-order valence-corrected chi connectivity index (χ0v) is 21.3. The first kappa shape index (κ1) is 25.8. The molecule has 1 aromatic heterocycles. The van der Waals surface area contributed by atoms with Crippen molar-refractivity contribution < 1.29 is 19.4 Å². The van der Waals surface area contributed by atoms with Crippen LogP contribution in [-0.4, -0.2) is 51.0 Å². The number of carbonyl (C=O) groups is 1. The van der Waals surface area contributed by atoms with Gasteiger partial charge in [0.05, 0.1) is 25.2 Å². The zero-order valence-electron chi connectivity index (χ0n) is 20.5. The molecule has 0 unspecified atom stereocenters. The van der Waals surface area contributed by atoms with Crippen molar-refractivity contribution in [3.63, 3.8) is 0 Å². The molecular formula is C27H27N5O4S. The number of hydrogen-bond donors (Lipinski definition) is 2. The molecule has 0 aliphatic carbocycles. The largest absolute Gasteiger partial charge is 0.504 e. The highest BCUT2D eigenvalue weighted by Crippen LogP contribution is 2.30. The van der Waals surface area contributed by atoms with E-state index in [9.17, 15) is 9.90 Å². The van der Waals surface area contributed by atoms with E-state index in [-0.39, 0.29) is 17.4 Å². The van der Waals surface area contributed by atoms with E-state index in [1.807, 2.05) is 73.0 Å². The molecule has 10 heteroatoms. The van der Waals surface area contributed by atoms with Crippen LogP contribution in [0.1, 0.15) is 19.4 Å². The molecule has 1 amide bonds. The molecule has 0 radical (unpaired) electrons. The van der Waals surface area contributed by atoms with Crippen molar-refractivity contribution in [3.05, 3.63) is 78.4 Å². The number of para-hydroxylation sites is 1. The van der Waals surface area contributed by atoms with E-state index in [4.69, 9.17) is 9.47 Å². The van der Waals surface area contributed by atoms with Gasteiger partial charge in [-0.15, -0.1) is 10.2 Å². The predicted octanol–water partition coefficient (Wildman–Crippen LogP) is 4.68. The van der Waals surface area contributed by atoms with Crippen LogP contribution in [0.2, 0.25) is 0 Å². The van der Waals surface area contributed by atoms with E-state index < -0.39 is 0 Å². The van der Waals surface area contributed by atoms with Crippen molar-refractivity contribution in [2.75, 3.05) is 19.0 Å². The van der Waals surface area contributed by atoms with Gasteiger partial charge in [-0.2, -0.15) is 5.10 Å². The molecule has 4 rings (SSSR count). The Hall–Kier alpha value is -4.31. The third kappa shape index (κ3) is 6.47. The van der Waals surface area contributed by atoms with Gasteiger partial charge in [-0.25, -0.2) is 5.43 Å².